The molecule has 2 unspecified atom stereocenters. The number of fused-ring (bicyclic) bond motifs is 1. The molecule has 1 aromatic carbocycles. The lowest BCUT2D eigenvalue weighted by Crippen LogP contribution is -2.47. The molecule has 2 atom stereocenters. The predicted molar refractivity (Wildman–Crippen MR) is 79.8 cm³/mol. The zero-order chi connectivity index (χ0) is 15.5. The molecule has 6 nitrogen and oxygen atoms in total. The van der Waals surface area contributed by atoms with Crippen LogP contribution in [0.2, 0.25) is 0 Å². The minimum atomic E-state index is -0.348. The Hall–Kier alpha value is -2.24. The van der Waals surface area contributed by atoms with Crippen LogP contribution in [0.15, 0.2) is 18.2 Å². The fraction of sp³-hybridized carbons (Fsp3) is 0.500. The summed E-state index contributed by atoms with van der Waals surface area (Å²) in [6.07, 6.45) is 3.46. The van der Waals surface area contributed by atoms with Gasteiger partial charge in [-0.2, -0.15) is 0 Å². The summed E-state index contributed by atoms with van der Waals surface area (Å²) in [4.78, 5) is 24.1. The molecule has 0 saturated heterocycles. The van der Waals surface area contributed by atoms with Gasteiger partial charge in [-0.1, -0.05) is 18.9 Å². The van der Waals surface area contributed by atoms with E-state index in [4.69, 9.17) is 15.2 Å². The number of primary amides is 1. The lowest BCUT2D eigenvalue weighted by molar-refractivity contribution is -0.123. The van der Waals surface area contributed by atoms with E-state index in [0.717, 1.165) is 25.7 Å². The highest BCUT2D eigenvalue weighted by atomic mass is 16.6. The molecular formula is C16H20N2O4. The summed E-state index contributed by atoms with van der Waals surface area (Å²) in [5.41, 5.74) is 5.88. The predicted octanol–water partition coefficient (Wildman–Crippen LogP) is 1.23. The van der Waals surface area contributed by atoms with E-state index in [1.807, 2.05) is 0 Å². The van der Waals surface area contributed by atoms with E-state index in [2.05, 4.69) is 5.32 Å². The highest BCUT2D eigenvalue weighted by molar-refractivity contribution is 5.98. The first-order valence-corrected chi connectivity index (χ1v) is 7.65. The third-order valence-corrected chi connectivity index (χ3v) is 4.26. The van der Waals surface area contributed by atoms with E-state index in [9.17, 15) is 9.59 Å². The number of nitrogens with two attached hydrogens (primary N) is 1. The second-order valence-corrected chi connectivity index (χ2v) is 5.70. The van der Waals surface area contributed by atoms with Crippen molar-refractivity contribution in [1.29, 1.82) is 0 Å². The first kappa shape index (κ1) is 14.7. The van der Waals surface area contributed by atoms with Crippen molar-refractivity contribution in [3.05, 3.63) is 23.8 Å². The molecular weight excluding hydrogens is 284 g/mol. The van der Waals surface area contributed by atoms with Gasteiger partial charge in [-0.3, -0.25) is 9.59 Å². The molecule has 2 amide bonds. The summed E-state index contributed by atoms with van der Waals surface area (Å²) < 4.78 is 11.0. The number of para-hydroxylation sites is 1. The summed E-state index contributed by atoms with van der Waals surface area (Å²) in [5, 5.41) is 2.94. The van der Waals surface area contributed by atoms with Gasteiger partial charge in [-0.05, 0) is 25.0 Å². The zero-order valence-electron chi connectivity index (χ0n) is 12.3. The van der Waals surface area contributed by atoms with E-state index in [1.54, 1.807) is 18.2 Å². The molecule has 1 saturated carbocycles. The first-order chi connectivity index (χ1) is 10.7. The van der Waals surface area contributed by atoms with E-state index in [0.29, 0.717) is 30.3 Å². The molecule has 0 bridgehead atoms. The maximum atomic E-state index is 12.6. The van der Waals surface area contributed by atoms with Crippen molar-refractivity contribution in [2.45, 2.75) is 31.7 Å². The number of hydrogen-bond donors (Lipinski definition) is 2. The van der Waals surface area contributed by atoms with Crippen molar-refractivity contribution in [1.82, 2.24) is 5.32 Å². The molecule has 22 heavy (non-hydrogen) atoms. The van der Waals surface area contributed by atoms with Gasteiger partial charge in [0.05, 0.1) is 11.5 Å². The van der Waals surface area contributed by atoms with Gasteiger partial charge in [0.2, 0.25) is 5.91 Å². The van der Waals surface area contributed by atoms with Crippen LogP contribution < -0.4 is 20.5 Å². The minimum absolute atomic E-state index is 0.209. The van der Waals surface area contributed by atoms with Crippen molar-refractivity contribution in [2.75, 3.05) is 13.2 Å². The SMILES string of the molecule is NC(=O)C1CCCCC1NC(=O)c1cccc2c1OCCO2. The maximum absolute atomic E-state index is 12.6. The fourth-order valence-corrected chi connectivity index (χ4v) is 3.14. The largest absolute Gasteiger partial charge is 0.486 e. The van der Waals surface area contributed by atoms with Crippen LogP contribution in [0.1, 0.15) is 36.0 Å². The van der Waals surface area contributed by atoms with Crippen LogP contribution in [0.3, 0.4) is 0 Å². The molecule has 118 valence electrons. The molecule has 0 spiro atoms. The van der Waals surface area contributed by atoms with Crippen molar-refractivity contribution in [3.63, 3.8) is 0 Å². The molecule has 1 aliphatic carbocycles. The molecule has 3 rings (SSSR count). The first-order valence-electron chi connectivity index (χ1n) is 7.65. The lowest BCUT2D eigenvalue weighted by atomic mass is 9.84. The lowest BCUT2D eigenvalue weighted by Gasteiger charge is -2.30. The second kappa shape index (κ2) is 6.25. The van der Waals surface area contributed by atoms with Crippen molar-refractivity contribution in [3.8, 4) is 11.5 Å². The number of carbonyl (C=O) groups excluding carboxylic acids is 2. The zero-order valence-corrected chi connectivity index (χ0v) is 12.3. The average Bonchev–Trinajstić information content (AvgIpc) is 2.54. The molecule has 1 fully saturated rings. The summed E-state index contributed by atoms with van der Waals surface area (Å²) in [6.45, 7) is 0.898. The van der Waals surface area contributed by atoms with Gasteiger partial charge in [0.15, 0.2) is 11.5 Å². The van der Waals surface area contributed by atoms with E-state index < -0.39 is 0 Å². The Morgan fingerprint density at radius 2 is 1.91 bits per heavy atom. The number of carbonyl (C=O) groups is 2. The number of hydrogen-bond acceptors (Lipinski definition) is 4. The van der Waals surface area contributed by atoms with Gasteiger partial charge in [-0.15, -0.1) is 0 Å². The minimum Gasteiger partial charge on any atom is -0.486 e. The number of rotatable bonds is 3. The summed E-state index contributed by atoms with van der Waals surface area (Å²) in [5.74, 6) is 0.154. The van der Waals surface area contributed by atoms with Crippen molar-refractivity contribution < 1.29 is 19.1 Å². The molecule has 2 aliphatic rings. The van der Waals surface area contributed by atoms with E-state index in [1.165, 1.54) is 0 Å². The summed E-state index contributed by atoms with van der Waals surface area (Å²) in [7, 11) is 0. The molecule has 0 aromatic heterocycles. The topological polar surface area (TPSA) is 90.7 Å². The van der Waals surface area contributed by atoms with Gasteiger partial charge in [0.1, 0.15) is 13.2 Å². The van der Waals surface area contributed by atoms with Gasteiger partial charge < -0.3 is 20.5 Å². The standard InChI is InChI=1S/C16H20N2O4/c17-15(19)10-4-1-2-6-12(10)18-16(20)11-5-3-7-13-14(11)22-9-8-21-13/h3,5,7,10,12H,1-2,4,6,8-9H2,(H2,17,19)(H,18,20). The Morgan fingerprint density at radius 1 is 1.14 bits per heavy atom. The monoisotopic (exact) mass is 304 g/mol. The summed E-state index contributed by atoms with van der Waals surface area (Å²) >= 11 is 0. The number of benzene rings is 1. The molecule has 1 aromatic rings. The molecule has 1 heterocycles. The number of ether oxygens (including phenoxy) is 2. The van der Waals surface area contributed by atoms with Crippen LogP contribution in [0.25, 0.3) is 0 Å². The number of amides is 2. The molecule has 1 aliphatic heterocycles. The van der Waals surface area contributed by atoms with Gasteiger partial charge in [0, 0.05) is 6.04 Å². The van der Waals surface area contributed by atoms with Crippen LogP contribution >= 0.6 is 0 Å². The number of nitrogens with one attached hydrogen (secondary N) is 1. The van der Waals surface area contributed by atoms with Gasteiger partial charge in [0.25, 0.3) is 5.91 Å². The molecule has 0 radical (unpaired) electrons. The van der Waals surface area contributed by atoms with Crippen LogP contribution in [-0.4, -0.2) is 31.1 Å². The maximum Gasteiger partial charge on any atom is 0.255 e. The van der Waals surface area contributed by atoms with E-state index >= 15 is 0 Å². The van der Waals surface area contributed by atoms with Gasteiger partial charge in [-0.25, -0.2) is 0 Å². The van der Waals surface area contributed by atoms with E-state index in [-0.39, 0.29) is 23.8 Å². The van der Waals surface area contributed by atoms with Crippen LogP contribution in [0.5, 0.6) is 11.5 Å². The van der Waals surface area contributed by atoms with Crippen molar-refractivity contribution in [2.24, 2.45) is 11.7 Å². The van der Waals surface area contributed by atoms with Gasteiger partial charge >= 0.3 is 0 Å². The normalized spacial score (nSPS) is 23.6. The third-order valence-electron chi connectivity index (χ3n) is 4.26. The Morgan fingerprint density at radius 3 is 2.73 bits per heavy atom. The quantitative estimate of drug-likeness (QED) is 0.879. The Labute approximate surface area is 129 Å². The molecule has 3 N–H and O–H groups in total. The van der Waals surface area contributed by atoms with Crippen LogP contribution in [0.4, 0.5) is 0 Å². The van der Waals surface area contributed by atoms with Crippen LogP contribution in [-0.2, 0) is 4.79 Å². The Balaban J connectivity index is 1.78. The average molecular weight is 304 g/mol. The van der Waals surface area contributed by atoms with Crippen molar-refractivity contribution >= 4 is 11.8 Å². The summed E-state index contributed by atoms with van der Waals surface area (Å²) in [6, 6.07) is 5.02. The smallest absolute Gasteiger partial charge is 0.255 e. The fourth-order valence-electron chi connectivity index (χ4n) is 3.14. The highest BCUT2D eigenvalue weighted by Crippen LogP contribution is 2.34. The second-order valence-electron chi connectivity index (χ2n) is 5.70. The highest BCUT2D eigenvalue weighted by Gasteiger charge is 2.31. The third kappa shape index (κ3) is 2.86. The van der Waals surface area contributed by atoms with Crippen LogP contribution in [0, 0.1) is 5.92 Å². The Kier molecular flexibility index (Phi) is 4.18. The molecule has 6 heteroatoms. The Bertz CT molecular complexity index is 588.